The second-order valence-electron chi connectivity index (χ2n) is 2.04. The summed E-state index contributed by atoms with van der Waals surface area (Å²) in [5.41, 5.74) is 0. The van der Waals surface area contributed by atoms with Gasteiger partial charge in [0, 0.05) is 20.2 Å². The Morgan fingerprint density at radius 3 is 2.33 bits per heavy atom. The number of halogens is 1. The first-order valence-electron chi connectivity index (χ1n) is 3.09. The lowest BCUT2D eigenvalue weighted by atomic mass is 10.2. The Labute approximate surface area is 61.9 Å². The Hall–Kier alpha value is 0.210. The van der Waals surface area contributed by atoms with Gasteiger partial charge >= 0.3 is 0 Å². The maximum Gasteiger partial charge on any atom is 0.0630 e. The van der Waals surface area contributed by atoms with Gasteiger partial charge in [0.1, 0.15) is 0 Å². The molecule has 9 heavy (non-hydrogen) atoms. The summed E-state index contributed by atoms with van der Waals surface area (Å²) in [5.74, 6) is 0. The van der Waals surface area contributed by atoms with Crippen molar-refractivity contribution < 1.29 is 4.74 Å². The average molecular weight is 152 g/mol. The van der Waals surface area contributed by atoms with Crippen molar-refractivity contribution in [2.75, 3.05) is 20.8 Å². The molecule has 0 fully saturated rings. The maximum atomic E-state index is 5.68. The molecule has 0 spiro atoms. The number of nitrogens with zero attached hydrogens (tertiary/aromatic N) is 1. The van der Waals surface area contributed by atoms with E-state index in [1.54, 1.807) is 11.5 Å². The first-order valence-corrected chi connectivity index (χ1v) is 3.43. The summed E-state index contributed by atoms with van der Waals surface area (Å²) in [6, 6.07) is 0.344. The fraction of sp³-hybridized carbons (Fsp3) is 1.00. The van der Waals surface area contributed by atoms with Crippen molar-refractivity contribution in [2.24, 2.45) is 0 Å². The molecule has 0 saturated heterocycles. The Kier molecular flexibility index (Phi) is 5.15. The van der Waals surface area contributed by atoms with Gasteiger partial charge in [0.25, 0.3) is 0 Å². The predicted octanol–water partition coefficient (Wildman–Crippen LogP) is 1.50. The van der Waals surface area contributed by atoms with E-state index in [9.17, 15) is 0 Å². The summed E-state index contributed by atoms with van der Waals surface area (Å²) in [5, 5.41) is 0. The molecule has 0 aliphatic carbocycles. The van der Waals surface area contributed by atoms with E-state index < -0.39 is 0 Å². The van der Waals surface area contributed by atoms with Crippen molar-refractivity contribution in [3.63, 3.8) is 0 Å². The third kappa shape index (κ3) is 3.73. The zero-order valence-corrected chi connectivity index (χ0v) is 6.98. The highest BCUT2D eigenvalue weighted by Crippen LogP contribution is 2.03. The highest BCUT2D eigenvalue weighted by Gasteiger charge is 2.08. The van der Waals surface area contributed by atoms with Crippen LogP contribution in [-0.4, -0.2) is 31.2 Å². The largest absolute Gasteiger partial charge is 0.383 e. The molecule has 0 aromatic rings. The zero-order valence-electron chi connectivity index (χ0n) is 6.22. The van der Waals surface area contributed by atoms with Crippen LogP contribution in [0.15, 0.2) is 0 Å². The predicted molar refractivity (Wildman–Crippen MR) is 39.6 cm³/mol. The van der Waals surface area contributed by atoms with E-state index in [4.69, 9.17) is 16.5 Å². The summed E-state index contributed by atoms with van der Waals surface area (Å²) in [6.07, 6.45) is 1.02. The molecule has 56 valence electrons. The molecular formula is C6H14ClNO. The lowest BCUT2D eigenvalue weighted by molar-refractivity contribution is 0.141. The van der Waals surface area contributed by atoms with Gasteiger partial charge in [-0.3, -0.25) is 0 Å². The Balaban J connectivity index is 3.41. The normalized spacial score (nSPS) is 14.3. The third-order valence-corrected chi connectivity index (χ3v) is 1.61. The molecule has 0 rings (SSSR count). The van der Waals surface area contributed by atoms with Gasteiger partial charge < -0.3 is 4.74 Å². The summed E-state index contributed by atoms with van der Waals surface area (Å²) in [4.78, 5) is 0. The molecule has 0 aliphatic rings. The molecule has 1 unspecified atom stereocenters. The summed E-state index contributed by atoms with van der Waals surface area (Å²) >= 11 is 5.68. The van der Waals surface area contributed by atoms with Crippen LogP contribution in [0.4, 0.5) is 0 Å². The highest BCUT2D eigenvalue weighted by atomic mass is 35.5. The molecule has 0 amide bonds. The molecule has 0 bridgehead atoms. The minimum atomic E-state index is 0.344. The number of methoxy groups -OCH3 is 1. The first kappa shape index (κ1) is 9.21. The van der Waals surface area contributed by atoms with Crippen LogP contribution in [0.5, 0.6) is 0 Å². The van der Waals surface area contributed by atoms with E-state index in [1.807, 2.05) is 7.05 Å². The number of ether oxygens (including phenoxy) is 1. The fourth-order valence-electron chi connectivity index (χ4n) is 0.665. The van der Waals surface area contributed by atoms with Gasteiger partial charge in [0.15, 0.2) is 0 Å². The Morgan fingerprint density at radius 1 is 1.67 bits per heavy atom. The van der Waals surface area contributed by atoms with Gasteiger partial charge in [-0.15, -0.1) is 0 Å². The van der Waals surface area contributed by atoms with Crippen molar-refractivity contribution in [1.29, 1.82) is 0 Å². The first-order chi connectivity index (χ1) is 4.22. The molecule has 3 heteroatoms. The third-order valence-electron chi connectivity index (χ3n) is 1.33. The molecule has 0 heterocycles. The van der Waals surface area contributed by atoms with Crippen molar-refractivity contribution in [3.05, 3.63) is 0 Å². The van der Waals surface area contributed by atoms with Crippen molar-refractivity contribution >= 4 is 11.8 Å². The van der Waals surface area contributed by atoms with Crippen LogP contribution in [-0.2, 0) is 4.74 Å². The standard InChI is InChI=1S/C6H14ClNO/c1-4-6(5-9-3)8(2)7/h6H,4-5H2,1-3H3. The second-order valence-corrected chi connectivity index (χ2v) is 2.58. The molecule has 0 N–H and O–H groups in total. The van der Waals surface area contributed by atoms with E-state index in [-0.39, 0.29) is 0 Å². The summed E-state index contributed by atoms with van der Waals surface area (Å²) in [7, 11) is 3.53. The van der Waals surface area contributed by atoms with E-state index in [0.29, 0.717) is 12.6 Å². The topological polar surface area (TPSA) is 12.5 Å². The van der Waals surface area contributed by atoms with Crippen LogP contribution < -0.4 is 0 Å². The van der Waals surface area contributed by atoms with E-state index >= 15 is 0 Å². The second kappa shape index (κ2) is 5.03. The molecule has 0 radical (unpaired) electrons. The zero-order chi connectivity index (χ0) is 7.28. The van der Waals surface area contributed by atoms with Crippen LogP contribution >= 0.6 is 11.8 Å². The molecular weight excluding hydrogens is 138 g/mol. The van der Waals surface area contributed by atoms with Crippen LogP contribution in [0.1, 0.15) is 13.3 Å². The van der Waals surface area contributed by atoms with Gasteiger partial charge in [0.2, 0.25) is 0 Å². The molecule has 0 saturated carbocycles. The summed E-state index contributed by atoms with van der Waals surface area (Å²) < 4.78 is 6.59. The molecule has 0 aromatic carbocycles. The lowest BCUT2D eigenvalue weighted by Gasteiger charge is -2.18. The Morgan fingerprint density at radius 2 is 2.22 bits per heavy atom. The highest BCUT2D eigenvalue weighted by molar-refractivity contribution is 6.13. The molecule has 1 atom stereocenters. The minimum absolute atomic E-state index is 0.344. The van der Waals surface area contributed by atoms with Gasteiger partial charge in [0.05, 0.1) is 6.61 Å². The minimum Gasteiger partial charge on any atom is -0.383 e. The van der Waals surface area contributed by atoms with Crippen LogP contribution in [0.25, 0.3) is 0 Å². The Bertz CT molecular complexity index is 68.1. The van der Waals surface area contributed by atoms with Crippen LogP contribution in [0, 0.1) is 0 Å². The fourth-order valence-corrected chi connectivity index (χ4v) is 0.859. The maximum absolute atomic E-state index is 5.68. The monoisotopic (exact) mass is 151 g/mol. The van der Waals surface area contributed by atoms with Gasteiger partial charge in [-0.05, 0) is 18.2 Å². The van der Waals surface area contributed by atoms with Crippen LogP contribution in [0.2, 0.25) is 0 Å². The van der Waals surface area contributed by atoms with E-state index in [2.05, 4.69) is 6.92 Å². The molecule has 0 aromatic heterocycles. The van der Waals surface area contributed by atoms with Crippen molar-refractivity contribution in [1.82, 2.24) is 4.42 Å². The van der Waals surface area contributed by atoms with Gasteiger partial charge in [-0.2, -0.15) is 0 Å². The van der Waals surface area contributed by atoms with Gasteiger partial charge in [-0.1, -0.05) is 6.92 Å². The van der Waals surface area contributed by atoms with E-state index in [0.717, 1.165) is 6.42 Å². The van der Waals surface area contributed by atoms with Crippen molar-refractivity contribution in [3.8, 4) is 0 Å². The van der Waals surface area contributed by atoms with Gasteiger partial charge in [-0.25, -0.2) is 4.42 Å². The summed E-state index contributed by atoms with van der Waals surface area (Å²) in [6.45, 7) is 2.79. The van der Waals surface area contributed by atoms with E-state index in [1.165, 1.54) is 0 Å². The number of hydrogen-bond acceptors (Lipinski definition) is 2. The molecule has 2 nitrogen and oxygen atoms in total. The smallest absolute Gasteiger partial charge is 0.0630 e. The number of rotatable bonds is 4. The lowest BCUT2D eigenvalue weighted by Crippen LogP contribution is -2.27. The SMILES string of the molecule is CCC(COC)N(C)Cl. The average Bonchev–Trinajstić information content (AvgIpc) is 1.82. The van der Waals surface area contributed by atoms with Crippen LogP contribution in [0.3, 0.4) is 0 Å². The quantitative estimate of drug-likeness (QED) is 0.565. The number of hydrogen-bond donors (Lipinski definition) is 0. The van der Waals surface area contributed by atoms with Crippen molar-refractivity contribution in [2.45, 2.75) is 19.4 Å². The number of likely N-dealkylation sites (N-methyl/N-ethyl adjacent to an activating group) is 1. The molecule has 0 aliphatic heterocycles.